The van der Waals surface area contributed by atoms with E-state index in [1.807, 2.05) is 0 Å². The number of rotatable bonds is 11. The molecule has 0 aliphatic heterocycles. The number of hydrogen-bond donors (Lipinski definition) is 2. The van der Waals surface area contributed by atoms with Gasteiger partial charge in [0.1, 0.15) is 0 Å². The van der Waals surface area contributed by atoms with Crippen LogP contribution in [0.3, 0.4) is 0 Å². The fourth-order valence-electron chi connectivity index (χ4n) is 1.78. The number of nitrogens with zero attached hydrogens (tertiary/aromatic N) is 1. The average Bonchev–Trinajstić information content (AvgIpc) is 2.40. The number of hydrogen-bond acceptors (Lipinski definition) is 5. The molecule has 6 nitrogen and oxygen atoms in total. The topological polar surface area (TPSA) is 76.8 Å². The Kier molecular flexibility index (Phi) is 11.0. The second kappa shape index (κ2) is 11.4. The fourth-order valence-corrected chi connectivity index (χ4v) is 1.78. The third-order valence-electron chi connectivity index (χ3n) is 2.86. The van der Waals surface area contributed by atoms with Crippen LogP contribution in [0.15, 0.2) is 0 Å². The van der Waals surface area contributed by atoms with Crippen LogP contribution in [-0.2, 0) is 14.3 Å². The maximum Gasteiger partial charge on any atom is 0.221 e. The molecular weight excluding hydrogens is 234 g/mol. The van der Waals surface area contributed by atoms with Gasteiger partial charge in [0.2, 0.25) is 5.91 Å². The SMILES string of the molecule is CNC(=O)CC(CN)N(CCCOC)CCOC. The number of nitrogens with two attached hydrogens (primary N) is 1. The Morgan fingerprint density at radius 3 is 2.44 bits per heavy atom. The van der Waals surface area contributed by atoms with Gasteiger partial charge in [-0.15, -0.1) is 0 Å². The van der Waals surface area contributed by atoms with E-state index in [0.29, 0.717) is 26.2 Å². The number of carbonyl (C=O) groups is 1. The molecule has 108 valence electrons. The summed E-state index contributed by atoms with van der Waals surface area (Å²) in [6, 6.07) is 0.0527. The van der Waals surface area contributed by atoms with Gasteiger partial charge in [-0.3, -0.25) is 9.69 Å². The van der Waals surface area contributed by atoms with Crippen LogP contribution in [0.5, 0.6) is 0 Å². The Hall–Kier alpha value is -0.690. The zero-order valence-electron chi connectivity index (χ0n) is 11.8. The van der Waals surface area contributed by atoms with Gasteiger partial charge in [0.15, 0.2) is 0 Å². The molecule has 0 aromatic carbocycles. The quantitative estimate of drug-likeness (QED) is 0.487. The minimum absolute atomic E-state index is 0.0135. The lowest BCUT2D eigenvalue weighted by atomic mass is 10.1. The Balaban J connectivity index is 4.30. The molecule has 1 unspecified atom stereocenters. The van der Waals surface area contributed by atoms with Crippen molar-refractivity contribution >= 4 is 5.91 Å². The van der Waals surface area contributed by atoms with Crippen molar-refractivity contribution in [1.29, 1.82) is 0 Å². The number of amides is 1. The molecule has 0 aromatic heterocycles. The highest BCUT2D eigenvalue weighted by Gasteiger charge is 2.19. The van der Waals surface area contributed by atoms with E-state index in [-0.39, 0.29) is 11.9 Å². The summed E-state index contributed by atoms with van der Waals surface area (Å²) in [7, 11) is 4.99. The second-order valence-corrected chi connectivity index (χ2v) is 4.14. The smallest absolute Gasteiger partial charge is 0.221 e. The van der Waals surface area contributed by atoms with Crippen molar-refractivity contribution in [3.63, 3.8) is 0 Å². The van der Waals surface area contributed by atoms with Gasteiger partial charge in [0.05, 0.1) is 6.61 Å². The molecule has 0 aliphatic rings. The highest BCUT2D eigenvalue weighted by molar-refractivity contribution is 5.76. The highest BCUT2D eigenvalue weighted by Crippen LogP contribution is 2.05. The molecule has 1 amide bonds. The van der Waals surface area contributed by atoms with Crippen LogP contribution in [0.1, 0.15) is 12.8 Å². The van der Waals surface area contributed by atoms with Gasteiger partial charge in [-0.2, -0.15) is 0 Å². The van der Waals surface area contributed by atoms with E-state index in [1.165, 1.54) is 0 Å². The summed E-state index contributed by atoms with van der Waals surface area (Å²) < 4.78 is 10.1. The lowest BCUT2D eigenvalue weighted by Crippen LogP contribution is -2.45. The highest BCUT2D eigenvalue weighted by atomic mass is 16.5. The standard InChI is InChI=1S/C12H27N3O3/c1-14-12(16)9-11(10-13)15(6-8-18-3)5-4-7-17-2/h11H,4-10,13H2,1-3H3,(H,14,16). The van der Waals surface area contributed by atoms with Crippen LogP contribution in [-0.4, -0.2) is 71.0 Å². The van der Waals surface area contributed by atoms with Crippen molar-refractivity contribution in [2.24, 2.45) is 5.73 Å². The Morgan fingerprint density at radius 2 is 1.94 bits per heavy atom. The molecule has 0 aliphatic carbocycles. The fraction of sp³-hybridized carbons (Fsp3) is 0.917. The minimum Gasteiger partial charge on any atom is -0.385 e. The van der Waals surface area contributed by atoms with Crippen molar-refractivity contribution in [2.75, 3.05) is 54.1 Å². The van der Waals surface area contributed by atoms with E-state index < -0.39 is 0 Å². The van der Waals surface area contributed by atoms with Gasteiger partial charge >= 0.3 is 0 Å². The van der Waals surface area contributed by atoms with E-state index in [2.05, 4.69) is 10.2 Å². The van der Waals surface area contributed by atoms with Crippen LogP contribution in [0.25, 0.3) is 0 Å². The summed E-state index contributed by atoms with van der Waals surface area (Å²) in [5, 5.41) is 2.63. The summed E-state index contributed by atoms with van der Waals surface area (Å²) in [6.07, 6.45) is 1.34. The monoisotopic (exact) mass is 261 g/mol. The number of methoxy groups -OCH3 is 2. The van der Waals surface area contributed by atoms with E-state index in [4.69, 9.17) is 15.2 Å². The molecule has 0 bridgehead atoms. The summed E-state index contributed by atoms with van der Waals surface area (Å²) in [5.41, 5.74) is 5.76. The lowest BCUT2D eigenvalue weighted by Gasteiger charge is -2.30. The van der Waals surface area contributed by atoms with E-state index in [0.717, 1.165) is 19.5 Å². The van der Waals surface area contributed by atoms with Crippen LogP contribution >= 0.6 is 0 Å². The summed E-state index contributed by atoms with van der Waals surface area (Å²) >= 11 is 0. The molecule has 3 N–H and O–H groups in total. The number of carbonyl (C=O) groups excluding carboxylic acids is 1. The molecule has 0 fully saturated rings. The summed E-state index contributed by atoms with van der Waals surface area (Å²) in [5.74, 6) is 0.0135. The van der Waals surface area contributed by atoms with Crippen molar-refractivity contribution in [2.45, 2.75) is 18.9 Å². The normalized spacial score (nSPS) is 12.7. The molecule has 0 radical (unpaired) electrons. The Bertz CT molecular complexity index is 215. The molecule has 0 aromatic rings. The maximum absolute atomic E-state index is 11.4. The van der Waals surface area contributed by atoms with Gasteiger partial charge in [0.25, 0.3) is 0 Å². The predicted octanol–water partition coefficient (Wildman–Crippen LogP) is -0.565. The molecule has 0 spiro atoms. The first kappa shape index (κ1) is 17.3. The molecule has 0 saturated carbocycles. The van der Waals surface area contributed by atoms with Gasteiger partial charge in [0, 0.05) is 60.0 Å². The van der Waals surface area contributed by atoms with Crippen LogP contribution in [0.4, 0.5) is 0 Å². The third kappa shape index (κ3) is 7.60. The zero-order chi connectivity index (χ0) is 13.8. The first-order valence-corrected chi connectivity index (χ1v) is 6.32. The minimum atomic E-state index is 0.0135. The molecule has 6 heteroatoms. The van der Waals surface area contributed by atoms with Crippen molar-refractivity contribution < 1.29 is 14.3 Å². The van der Waals surface area contributed by atoms with Crippen LogP contribution in [0, 0.1) is 0 Å². The van der Waals surface area contributed by atoms with Gasteiger partial charge in [-0.25, -0.2) is 0 Å². The summed E-state index contributed by atoms with van der Waals surface area (Å²) in [6.45, 7) is 3.44. The summed E-state index contributed by atoms with van der Waals surface area (Å²) in [4.78, 5) is 13.6. The average molecular weight is 261 g/mol. The molecule has 18 heavy (non-hydrogen) atoms. The largest absolute Gasteiger partial charge is 0.385 e. The van der Waals surface area contributed by atoms with Gasteiger partial charge in [-0.1, -0.05) is 0 Å². The van der Waals surface area contributed by atoms with Gasteiger partial charge in [-0.05, 0) is 6.42 Å². The van der Waals surface area contributed by atoms with Crippen molar-refractivity contribution in [3.8, 4) is 0 Å². The van der Waals surface area contributed by atoms with Crippen molar-refractivity contribution in [3.05, 3.63) is 0 Å². The van der Waals surface area contributed by atoms with Crippen molar-refractivity contribution in [1.82, 2.24) is 10.2 Å². The van der Waals surface area contributed by atoms with E-state index >= 15 is 0 Å². The molecular formula is C12H27N3O3. The zero-order valence-corrected chi connectivity index (χ0v) is 11.8. The number of nitrogens with one attached hydrogen (secondary N) is 1. The van der Waals surface area contributed by atoms with Crippen LogP contribution < -0.4 is 11.1 Å². The Morgan fingerprint density at radius 1 is 1.28 bits per heavy atom. The maximum atomic E-state index is 11.4. The lowest BCUT2D eigenvalue weighted by molar-refractivity contribution is -0.121. The first-order valence-electron chi connectivity index (χ1n) is 6.32. The molecule has 0 rings (SSSR count). The molecule has 0 heterocycles. The predicted molar refractivity (Wildman–Crippen MR) is 71.5 cm³/mol. The third-order valence-corrected chi connectivity index (χ3v) is 2.86. The molecule has 0 saturated heterocycles. The van der Waals surface area contributed by atoms with Crippen LogP contribution in [0.2, 0.25) is 0 Å². The first-order chi connectivity index (χ1) is 8.69. The van der Waals surface area contributed by atoms with E-state index in [9.17, 15) is 4.79 Å². The Labute approximate surface area is 110 Å². The number of ether oxygens (including phenoxy) is 2. The second-order valence-electron chi connectivity index (χ2n) is 4.14. The van der Waals surface area contributed by atoms with Gasteiger partial charge < -0.3 is 20.5 Å². The molecule has 1 atom stereocenters. The van der Waals surface area contributed by atoms with E-state index in [1.54, 1.807) is 21.3 Å².